The molecule has 1 saturated heterocycles. The van der Waals surface area contributed by atoms with E-state index < -0.39 is 0 Å². The Balaban J connectivity index is 0.00000144. The van der Waals surface area contributed by atoms with Crippen molar-refractivity contribution in [1.29, 1.82) is 0 Å². The third-order valence-electron chi connectivity index (χ3n) is 2.76. The van der Waals surface area contributed by atoms with Crippen molar-refractivity contribution in [2.45, 2.75) is 12.5 Å². The first-order valence-corrected chi connectivity index (χ1v) is 5.54. The third-order valence-corrected chi connectivity index (χ3v) is 2.76. The van der Waals surface area contributed by atoms with Crippen LogP contribution in [0.15, 0.2) is 18.2 Å². The highest BCUT2D eigenvalue weighted by Crippen LogP contribution is 2.23. The average Bonchev–Trinajstić information content (AvgIpc) is 2.31. The minimum absolute atomic E-state index is 0. The summed E-state index contributed by atoms with van der Waals surface area (Å²) in [4.78, 5) is 0. The van der Waals surface area contributed by atoms with Crippen molar-refractivity contribution in [3.05, 3.63) is 23.8 Å². The first-order chi connectivity index (χ1) is 7.79. The Bertz CT molecular complexity index is 354. The van der Waals surface area contributed by atoms with E-state index in [1.165, 1.54) is 0 Å². The van der Waals surface area contributed by atoms with E-state index in [9.17, 15) is 0 Å². The zero-order valence-corrected chi connectivity index (χ0v) is 10.8. The van der Waals surface area contributed by atoms with E-state index in [2.05, 4.69) is 5.32 Å². The van der Waals surface area contributed by atoms with Gasteiger partial charge in [-0.05, 0) is 23.8 Å². The molecule has 5 heteroatoms. The van der Waals surface area contributed by atoms with Gasteiger partial charge >= 0.3 is 0 Å². The summed E-state index contributed by atoms with van der Waals surface area (Å²) in [6.07, 6.45) is 1.05. The molecular weight excluding hydrogens is 240 g/mol. The van der Waals surface area contributed by atoms with Gasteiger partial charge in [-0.25, -0.2) is 0 Å². The summed E-state index contributed by atoms with van der Waals surface area (Å²) in [6.45, 7) is 2.60. The molecule has 0 spiro atoms. The lowest BCUT2D eigenvalue weighted by atomic mass is 10.1. The Kier molecular flexibility index (Phi) is 5.55. The number of halogens is 1. The maximum absolute atomic E-state index is 5.78. The second-order valence-electron chi connectivity index (χ2n) is 3.97. The molecule has 4 nitrogen and oxygen atoms in total. The molecular formula is C12H19ClN2O2. The van der Waals surface area contributed by atoms with Crippen LogP contribution in [0, 0.1) is 0 Å². The molecule has 3 N–H and O–H groups in total. The second-order valence-corrected chi connectivity index (χ2v) is 3.97. The molecule has 1 aliphatic rings. The van der Waals surface area contributed by atoms with E-state index in [4.69, 9.17) is 15.2 Å². The van der Waals surface area contributed by atoms with Crippen molar-refractivity contribution < 1.29 is 9.47 Å². The molecule has 0 aromatic heterocycles. The lowest BCUT2D eigenvalue weighted by molar-refractivity contribution is 0.0289. The van der Waals surface area contributed by atoms with Crippen LogP contribution in [0.25, 0.3) is 0 Å². The number of morpholine rings is 1. The molecule has 1 aliphatic heterocycles. The van der Waals surface area contributed by atoms with E-state index >= 15 is 0 Å². The number of rotatable bonds is 3. The largest absolute Gasteiger partial charge is 0.496 e. The Morgan fingerprint density at radius 1 is 1.53 bits per heavy atom. The predicted molar refractivity (Wildman–Crippen MR) is 71.0 cm³/mol. The number of nitrogens with two attached hydrogens (primary N) is 1. The fourth-order valence-electron chi connectivity index (χ4n) is 1.95. The van der Waals surface area contributed by atoms with Gasteiger partial charge in [0, 0.05) is 25.2 Å². The number of nitrogens with one attached hydrogen (secondary N) is 1. The van der Waals surface area contributed by atoms with E-state index in [1.807, 2.05) is 18.2 Å². The normalized spacial score (nSPS) is 19.5. The summed E-state index contributed by atoms with van der Waals surface area (Å²) in [5.41, 5.74) is 7.65. The van der Waals surface area contributed by atoms with Crippen molar-refractivity contribution >= 4 is 18.1 Å². The monoisotopic (exact) mass is 258 g/mol. The molecule has 0 aliphatic carbocycles. The van der Waals surface area contributed by atoms with Crippen molar-refractivity contribution in [2.24, 2.45) is 0 Å². The molecule has 0 radical (unpaired) electrons. The van der Waals surface area contributed by atoms with Gasteiger partial charge in [-0.15, -0.1) is 12.4 Å². The molecule has 1 heterocycles. The zero-order valence-electron chi connectivity index (χ0n) is 9.94. The molecule has 0 bridgehead atoms. The maximum atomic E-state index is 5.78. The van der Waals surface area contributed by atoms with E-state index in [-0.39, 0.29) is 18.5 Å². The SMILES string of the molecule is COc1ccc(N)cc1CC1CNCCO1.Cl. The molecule has 1 atom stereocenters. The summed E-state index contributed by atoms with van der Waals surface area (Å²) in [5.74, 6) is 0.878. The summed E-state index contributed by atoms with van der Waals surface area (Å²) < 4.78 is 11.0. The highest BCUT2D eigenvalue weighted by molar-refractivity contribution is 5.85. The van der Waals surface area contributed by atoms with Crippen molar-refractivity contribution in [3.63, 3.8) is 0 Å². The molecule has 0 saturated carbocycles. The van der Waals surface area contributed by atoms with Crippen LogP contribution in [-0.2, 0) is 11.2 Å². The Morgan fingerprint density at radius 3 is 3.00 bits per heavy atom. The fraction of sp³-hybridized carbons (Fsp3) is 0.500. The van der Waals surface area contributed by atoms with Gasteiger partial charge in [0.1, 0.15) is 5.75 Å². The van der Waals surface area contributed by atoms with Crippen LogP contribution in [0.5, 0.6) is 5.75 Å². The average molecular weight is 259 g/mol. The molecule has 1 aromatic rings. The van der Waals surface area contributed by atoms with Gasteiger partial charge in [-0.3, -0.25) is 0 Å². The Labute approximate surface area is 108 Å². The van der Waals surface area contributed by atoms with Gasteiger partial charge in [0.25, 0.3) is 0 Å². The van der Waals surface area contributed by atoms with Gasteiger partial charge in [0.05, 0.1) is 19.8 Å². The van der Waals surface area contributed by atoms with Gasteiger partial charge in [-0.1, -0.05) is 0 Å². The van der Waals surface area contributed by atoms with Crippen LogP contribution in [-0.4, -0.2) is 32.9 Å². The zero-order chi connectivity index (χ0) is 11.4. The standard InChI is InChI=1S/C12H18N2O2.ClH/c1-15-12-3-2-10(13)6-9(12)7-11-8-14-4-5-16-11;/h2-3,6,11,14H,4-5,7-8,13H2,1H3;1H. The van der Waals surface area contributed by atoms with Crippen LogP contribution in [0.1, 0.15) is 5.56 Å². The fourth-order valence-corrected chi connectivity index (χ4v) is 1.95. The van der Waals surface area contributed by atoms with Gasteiger partial charge in [-0.2, -0.15) is 0 Å². The van der Waals surface area contributed by atoms with Crippen molar-refractivity contribution in [3.8, 4) is 5.75 Å². The highest BCUT2D eigenvalue weighted by atomic mass is 35.5. The van der Waals surface area contributed by atoms with Crippen molar-refractivity contribution in [2.75, 3.05) is 32.5 Å². The number of anilines is 1. The second kappa shape index (κ2) is 6.69. The number of nitrogen functional groups attached to an aromatic ring is 1. The van der Waals surface area contributed by atoms with Crippen LogP contribution in [0.2, 0.25) is 0 Å². The maximum Gasteiger partial charge on any atom is 0.122 e. The minimum Gasteiger partial charge on any atom is -0.496 e. The lowest BCUT2D eigenvalue weighted by Gasteiger charge is -2.24. The molecule has 96 valence electrons. The number of hydrogen-bond donors (Lipinski definition) is 2. The molecule has 0 amide bonds. The van der Waals surface area contributed by atoms with E-state index in [0.29, 0.717) is 0 Å². The Morgan fingerprint density at radius 2 is 2.35 bits per heavy atom. The summed E-state index contributed by atoms with van der Waals surface area (Å²) in [7, 11) is 1.68. The smallest absolute Gasteiger partial charge is 0.122 e. The molecule has 1 unspecified atom stereocenters. The quantitative estimate of drug-likeness (QED) is 0.801. The molecule has 1 aromatic carbocycles. The molecule has 2 rings (SSSR count). The number of hydrogen-bond acceptors (Lipinski definition) is 4. The van der Waals surface area contributed by atoms with Gasteiger partial charge < -0.3 is 20.5 Å². The first kappa shape index (κ1) is 14.1. The molecule has 1 fully saturated rings. The van der Waals surface area contributed by atoms with Crippen LogP contribution < -0.4 is 15.8 Å². The van der Waals surface area contributed by atoms with Crippen LogP contribution in [0.3, 0.4) is 0 Å². The number of benzene rings is 1. The topological polar surface area (TPSA) is 56.5 Å². The Hall–Kier alpha value is -0.970. The van der Waals surface area contributed by atoms with Crippen molar-refractivity contribution in [1.82, 2.24) is 5.32 Å². The summed E-state index contributed by atoms with van der Waals surface area (Å²) in [6, 6.07) is 5.71. The van der Waals surface area contributed by atoms with E-state index in [0.717, 1.165) is 43.1 Å². The van der Waals surface area contributed by atoms with Crippen LogP contribution >= 0.6 is 12.4 Å². The third kappa shape index (κ3) is 3.77. The van der Waals surface area contributed by atoms with Gasteiger partial charge in [0.15, 0.2) is 0 Å². The predicted octanol–water partition coefficient (Wildman–Crippen LogP) is 1.23. The number of ether oxygens (including phenoxy) is 2. The van der Waals surface area contributed by atoms with Gasteiger partial charge in [0.2, 0.25) is 0 Å². The minimum atomic E-state index is 0. The first-order valence-electron chi connectivity index (χ1n) is 5.54. The van der Waals surface area contributed by atoms with Crippen LogP contribution in [0.4, 0.5) is 5.69 Å². The highest BCUT2D eigenvalue weighted by Gasteiger charge is 2.16. The number of methoxy groups -OCH3 is 1. The summed E-state index contributed by atoms with van der Waals surface area (Å²) >= 11 is 0. The summed E-state index contributed by atoms with van der Waals surface area (Å²) in [5, 5.41) is 3.31. The lowest BCUT2D eigenvalue weighted by Crippen LogP contribution is -2.39. The molecule has 17 heavy (non-hydrogen) atoms. The van der Waals surface area contributed by atoms with E-state index in [1.54, 1.807) is 7.11 Å².